The van der Waals surface area contributed by atoms with Crippen LogP contribution < -0.4 is 5.43 Å². The Labute approximate surface area is 91.3 Å². The highest BCUT2D eigenvalue weighted by Crippen LogP contribution is 2.11. The lowest BCUT2D eigenvalue weighted by atomic mass is 10.2. The lowest BCUT2D eigenvalue weighted by molar-refractivity contribution is 0.0955. The van der Waals surface area contributed by atoms with Crippen LogP contribution in [0.25, 0.3) is 0 Å². The molecule has 1 aromatic carbocycles. The largest absolute Gasteiger partial charge is 0.271 e. The van der Waals surface area contributed by atoms with Crippen LogP contribution in [0.4, 0.5) is 0 Å². The summed E-state index contributed by atoms with van der Waals surface area (Å²) in [5.74, 6) is -0.198. The second kappa shape index (κ2) is 5.54. The van der Waals surface area contributed by atoms with Gasteiger partial charge in [0, 0.05) is 16.3 Å². The predicted octanol–water partition coefficient (Wildman–Crippen LogP) is 2.57. The zero-order valence-electron chi connectivity index (χ0n) is 7.83. The zero-order valence-corrected chi connectivity index (χ0v) is 9.41. The highest BCUT2D eigenvalue weighted by molar-refractivity contribution is 9.10. The van der Waals surface area contributed by atoms with Crippen molar-refractivity contribution in [2.24, 2.45) is 5.10 Å². The van der Waals surface area contributed by atoms with Gasteiger partial charge in [0.15, 0.2) is 0 Å². The molecule has 0 saturated heterocycles. The van der Waals surface area contributed by atoms with Crippen molar-refractivity contribution in [3.05, 3.63) is 34.3 Å². The molecule has 0 bridgehead atoms. The SMILES string of the molecule is CC/C=N/NC(=O)c1cccc(Br)c1. The minimum atomic E-state index is -0.198. The Bertz CT molecular complexity index is 350. The normalized spacial score (nSPS) is 10.4. The lowest BCUT2D eigenvalue weighted by Gasteiger charge is -1.99. The molecule has 0 fully saturated rings. The molecule has 0 saturated carbocycles. The molecule has 14 heavy (non-hydrogen) atoms. The average molecular weight is 255 g/mol. The van der Waals surface area contributed by atoms with Gasteiger partial charge < -0.3 is 0 Å². The molecule has 74 valence electrons. The van der Waals surface area contributed by atoms with Gasteiger partial charge in [0.05, 0.1) is 0 Å². The third kappa shape index (κ3) is 3.30. The van der Waals surface area contributed by atoms with Crippen molar-refractivity contribution in [1.29, 1.82) is 0 Å². The second-order valence-electron chi connectivity index (χ2n) is 2.67. The van der Waals surface area contributed by atoms with Crippen LogP contribution in [0.3, 0.4) is 0 Å². The van der Waals surface area contributed by atoms with E-state index in [4.69, 9.17) is 0 Å². The molecule has 0 heterocycles. The van der Waals surface area contributed by atoms with Crippen LogP contribution in [-0.2, 0) is 0 Å². The number of carbonyl (C=O) groups excluding carboxylic acids is 1. The fourth-order valence-electron chi connectivity index (χ4n) is 0.890. The third-order valence-corrected chi connectivity index (χ3v) is 2.02. The van der Waals surface area contributed by atoms with E-state index in [1.165, 1.54) is 0 Å². The topological polar surface area (TPSA) is 41.5 Å². The Hall–Kier alpha value is -1.16. The number of rotatable bonds is 3. The maximum atomic E-state index is 11.4. The molecule has 1 amide bonds. The summed E-state index contributed by atoms with van der Waals surface area (Å²) >= 11 is 3.29. The van der Waals surface area contributed by atoms with Crippen LogP contribution in [0.1, 0.15) is 23.7 Å². The number of nitrogens with zero attached hydrogens (tertiary/aromatic N) is 1. The molecule has 0 atom stereocenters. The van der Waals surface area contributed by atoms with Gasteiger partial charge in [-0.3, -0.25) is 4.79 Å². The van der Waals surface area contributed by atoms with Crippen molar-refractivity contribution >= 4 is 28.1 Å². The van der Waals surface area contributed by atoms with Gasteiger partial charge in [-0.2, -0.15) is 5.10 Å². The summed E-state index contributed by atoms with van der Waals surface area (Å²) < 4.78 is 0.879. The summed E-state index contributed by atoms with van der Waals surface area (Å²) in [6.45, 7) is 1.95. The molecule has 0 unspecified atom stereocenters. The molecule has 0 aliphatic rings. The van der Waals surface area contributed by atoms with Crippen LogP contribution in [0.15, 0.2) is 33.8 Å². The van der Waals surface area contributed by atoms with E-state index in [2.05, 4.69) is 26.5 Å². The molecular formula is C10H11BrN2O. The van der Waals surface area contributed by atoms with E-state index in [1.54, 1.807) is 18.3 Å². The highest BCUT2D eigenvalue weighted by Gasteiger charge is 2.02. The van der Waals surface area contributed by atoms with E-state index in [0.717, 1.165) is 10.9 Å². The van der Waals surface area contributed by atoms with Crippen LogP contribution in [0, 0.1) is 0 Å². The van der Waals surface area contributed by atoms with Gasteiger partial charge in [-0.25, -0.2) is 5.43 Å². The third-order valence-electron chi connectivity index (χ3n) is 1.53. The first-order chi connectivity index (χ1) is 6.74. The molecule has 4 heteroatoms. The first kappa shape index (κ1) is 10.9. The Morgan fingerprint density at radius 3 is 3.07 bits per heavy atom. The standard InChI is InChI=1S/C10H11BrN2O/c1-2-6-12-13-10(14)8-4-3-5-9(11)7-8/h3-7H,2H2,1H3,(H,13,14)/b12-6+. The van der Waals surface area contributed by atoms with E-state index >= 15 is 0 Å². The Morgan fingerprint density at radius 2 is 2.43 bits per heavy atom. The molecule has 3 nitrogen and oxygen atoms in total. The maximum Gasteiger partial charge on any atom is 0.271 e. The number of amides is 1. The molecule has 0 radical (unpaired) electrons. The van der Waals surface area contributed by atoms with Crippen molar-refractivity contribution in [2.75, 3.05) is 0 Å². The number of nitrogens with one attached hydrogen (secondary N) is 1. The van der Waals surface area contributed by atoms with E-state index in [0.29, 0.717) is 5.56 Å². The predicted molar refractivity (Wildman–Crippen MR) is 60.4 cm³/mol. The molecule has 0 aromatic heterocycles. The minimum absolute atomic E-state index is 0.198. The molecular weight excluding hydrogens is 244 g/mol. The summed E-state index contributed by atoms with van der Waals surface area (Å²) in [4.78, 5) is 11.4. The fraction of sp³-hybridized carbons (Fsp3) is 0.200. The summed E-state index contributed by atoms with van der Waals surface area (Å²) in [5, 5.41) is 3.76. The Morgan fingerprint density at radius 1 is 1.64 bits per heavy atom. The number of hydrogen-bond acceptors (Lipinski definition) is 2. The number of carbonyl (C=O) groups is 1. The van der Waals surface area contributed by atoms with Gasteiger partial charge >= 0.3 is 0 Å². The molecule has 1 N–H and O–H groups in total. The summed E-state index contributed by atoms with van der Waals surface area (Å²) in [7, 11) is 0. The van der Waals surface area contributed by atoms with E-state index in [9.17, 15) is 4.79 Å². The van der Waals surface area contributed by atoms with Crippen molar-refractivity contribution < 1.29 is 4.79 Å². The second-order valence-corrected chi connectivity index (χ2v) is 3.59. The van der Waals surface area contributed by atoms with Crippen LogP contribution in [-0.4, -0.2) is 12.1 Å². The Balaban J connectivity index is 2.65. The first-order valence-electron chi connectivity index (χ1n) is 4.31. The Kier molecular flexibility index (Phi) is 4.32. The minimum Gasteiger partial charge on any atom is -0.267 e. The summed E-state index contributed by atoms with van der Waals surface area (Å²) in [6.07, 6.45) is 2.45. The average Bonchev–Trinajstić information content (AvgIpc) is 2.18. The van der Waals surface area contributed by atoms with Crippen LogP contribution in [0.5, 0.6) is 0 Å². The lowest BCUT2D eigenvalue weighted by Crippen LogP contribution is -2.17. The zero-order chi connectivity index (χ0) is 10.4. The molecule has 0 aliphatic carbocycles. The van der Waals surface area contributed by atoms with Crippen molar-refractivity contribution in [1.82, 2.24) is 5.43 Å². The quantitative estimate of drug-likeness (QED) is 0.654. The van der Waals surface area contributed by atoms with Gasteiger partial charge in [0.25, 0.3) is 5.91 Å². The monoisotopic (exact) mass is 254 g/mol. The fourth-order valence-corrected chi connectivity index (χ4v) is 1.29. The smallest absolute Gasteiger partial charge is 0.267 e. The van der Waals surface area contributed by atoms with Crippen molar-refractivity contribution in [2.45, 2.75) is 13.3 Å². The molecule has 0 spiro atoms. The maximum absolute atomic E-state index is 11.4. The molecule has 0 aliphatic heterocycles. The van der Waals surface area contributed by atoms with Gasteiger partial charge in [-0.1, -0.05) is 28.9 Å². The van der Waals surface area contributed by atoms with E-state index < -0.39 is 0 Å². The van der Waals surface area contributed by atoms with Gasteiger partial charge in [0.1, 0.15) is 0 Å². The summed E-state index contributed by atoms with van der Waals surface area (Å²) in [5.41, 5.74) is 3.03. The van der Waals surface area contributed by atoms with Crippen molar-refractivity contribution in [3.63, 3.8) is 0 Å². The number of halogens is 1. The number of hydrogen-bond donors (Lipinski definition) is 1. The highest BCUT2D eigenvalue weighted by atomic mass is 79.9. The van der Waals surface area contributed by atoms with Crippen LogP contribution >= 0.6 is 15.9 Å². The van der Waals surface area contributed by atoms with E-state index in [-0.39, 0.29) is 5.91 Å². The van der Waals surface area contributed by atoms with Gasteiger partial charge in [0.2, 0.25) is 0 Å². The summed E-state index contributed by atoms with van der Waals surface area (Å²) in [6, 6.07) is 7.16. The van der Waals surface area contributed by atoms with Crippen LogP contribution in [0.2, 0.25) is 0 Å². The van der Waals surface area contributed by atoms with Gasteiger partial charge in [-0.05, 0) is 24.6 Å². The number of benzene rings is 1. The molecule has 1 aromatic rings. The van der Waals surface area contributed by atoms with Crippen molar-refractivity contribution in [3.8, 4) is 0 Å². The van der Waals surface area contributed by atoms with E-state index in [1.807, 2.05) is 19.1 Å². The first-order valence-corrected chi connectivity index (χ1v) is 5.10. The van der Waals surface area contributed by atoms with Gasteiger partial charge in [-0.15, -0.1) is 0 Å². The number of hydrazone groups is 1. The molecule has 1 rings (SSSR count).